The smallest absolute Gasteiger partial charge is 0.335 e. The molecule has 0 heterocycles. The van der Waals surface area contributed by atoms with Crippen molar-refractivity contribution in [3.63, 3.8) is 0 Å². The van der Waals surface area contributed by atoms with E-state index in [-0.39, 0.29) is 11.6 Å². The second-order valence-corrected chi connectivity index (χ2v) is 6.09. The van der Waals surface area contributed by atoms with E-state index < -0.39 is 17.6 Å². The van der Waals surface area contributed by atoms with Gasteiger partial charge in [0.2, 0.25) is 0 Å². The molecule has 1 atom stereocenters. The van der Waals surface area contributed by atoms with E-state index in [1.165, 1.54) is 29.3 Å². The monoisotopic (exact) mass is 326 g/mol. The fraction of sp³-hybridized carbons (Fsp3) is 0.529. The first-order chi connectivity index (χ1) is 10.8. The van der Waals surface area contributed by atoms with E-state index in [0.29, 0.717) is 18.9 Å². The zero-order chi connectivity index (χ0) is 17.0. The molecule has 6 heteroatoms. The van der Waals surface area contributed by atoms with E-state index in [2.05, 4.69) is 0 Å². The highest BCUT2D eigenvalue weighted by atomic mass is 19.4. The maximum absolute atomic E-state index is 13.2. The first kappa shape index (κ1) is 17.5. The van der Waals surface area contributed by atoms with Gasteiger partial charge in [0.15, 0.2) is 0 Å². The van der Waals surface area contributed by atoms with Crippen molar-refractivity contribution >= 4 is 12.1 Å². The van der Waals surface area contributed by atoms with Crippen LogP contribution in [-0.4, -0.2) is 29.6 Å². The molecule has 1 aromatic rings. The summed E-state index contributed by atoms with van der Waals surface area (Å²) >= 11 is 0. The number of benzene rings is 1. The summed E-state index contributed by atoms with van der Waals surface area (Å²) in [5.74, 6) is -0.246. The summed E-state index contributed by atoms with van der Waals surface area (Å²) in [7, 11) is 0. The van der Waals surface area contributed by atoms with Gasteiger partial charge < -0.3 is 10.3 Å². The molecular formula is C17H21F3N2O. The summed E-state index contributed by atoms with van der Waals surface area (Å²) in [6, 6.07) is 4.62. The quantitative estimate of drug-likeness (QED) is 0.775. The summed E-state index contributed by atoms with van der Waals surface area (Å²) in [6.45, 7) is 2.23. The van der Waals surface area contributed by atoms with Gasteiger partial charge in [0.25, 0.3) is 5.91 Å². The van der Waals surface area contributed by atoms with Gasteiger partial charge in [0, 0.05) is 19.0 Å². The number of rotatable bonds is 6. The number of halogens is 3. The summed E-state index contributed by atoms with van der Waals surface area (Å²) in [6.07, 6.45) is 0.0853. The average molecular weight is 326 g/mol. The van der Waals surface area contributed by atoms with E-state index >= 15 is 0 Å². The minimum Gasteiger partial charge on any atom is -0.335 e. The Morgan fingerprint density at radius 2 is 2.04 bits per heavy atom. The minimum atomic E-state index is -4.56. The molecule has 1 N–H and O–H groups in total. The van der Waals surface area contributed by atoms with Crippen molar-refractivity contribution in [2.75, 3.05) is 6.54 Å². The third kappa shape index (κ3) is 4.12. The fourth-order valence-electron chi connectivity index (χ4n) is 2.79. The van der Waals surface area contributed by atoms with Crippen LogP contribution in [0.4, 0.5) is 13.2 Å². The van der Waals surface area contributed by atoms with Crippen molar-refractivity contribution in [3.05, 3.63) is 35.4 Å². The van der Waals surface area contributed by atoms with E-state index in [9.17, 15) is 18.0 Å². The van der Waals surface area contributed by atoms with Crippen molar-refractivity contribution in [1.29, 1.82) is 5.41 Å². The maximum atomic E-state index is 13.2. The molecule has 126 valence electrons. The second-order valence-electron chi connectivity index (χ2n) is 6.09. The van der Waals surface area contributed by atoms with Crippen LogP contribution in [0.1, 0.15) is 48.5 Å². The van der Waals surface area contributed by atoms with Gasteiger partial charge in [-0.1, -0.05) is 18.6 Å². The van der Waals surface area contributed by atoms with Crippen LogP contribution in [0.5, 0.6) is 0 Å². The molecule has 0 aromatic heterocycles. The number of nitrogens with zero attached hydrogens (tertiary/aromatic N) is 1. The fourth-order valence-corrected chi connectivity index (χ4v) is 2.79. The highest BCUT2D eigenvalue weighted by molar-refractivity contribution is 5.96. The Balaban J connectivity index is 2.31. The number of alkyl halides is 3. The molecule has 0 unspecified atom stereocenters. The van der Waals surface area contributed by atoms with Crippen LogP contribution < -0.4 is 0 Å². The van der Waals surface area contributed by atoms with Crippen LogP contribution in [-0.2, 0) is 6.18 Å². The first-order valence-electron chi connectivity index (χ1n) is 7.80. The molecule has 3 nitrogen and oxygen atoms in total. The molecule has 1 aliphatic carbocycles. The summed E-state index contributed by atoms with van der Waals surface area (Å²) in [5.41, 5.74) is -1.21. The van der Waals surface area contributed by atoms with E-state index in [0.717, 1.165) is 25.3 Å². The van der Waals surface area contributed by atoms with E-state index in [4.69, 9.17) is 5.41 Å². The number of carbonyl (C=O) groups is 1. The van der Waals surface area contributed by atoms with Crippen LogP contribution in [0.2, 0.25) is 0 Å². The van der Waals surface area contributed by atoms with Crippen molar-refractivity contribution < 1.29 is 18.0 Å². The predicted molar refractivity (Wildman–Crippen MR) is 82.7 cm³/mol. The zero-order valence-corrected chi connectivity index (χ0v) is 13.1. The van der Waals surface area contributed by atoms with Crippen LogP contribution in [0, 0.1) is 11.3 Å². The minimum absolute atomic E-state index is 0.290. The van der Waals surface area contributed by atoms with Crippen molar-refractivity contribution in [1.82, 2.24) is 4.90 Å². The van der Waals surface area contributed by atoms with Crippen molar-refractivity contribution in [3.8, 4) is 0 Å². The number of carbonyl (C=O) groups excluding carboxylic acids is 1. The molecule has 1 saturated carbocycles. The largest absolute Gasteiger partial charge is 0.417 e. The molecular weight excluding hydrogens is 305 g/mol. The van der Waals surface area contributed by atoms with Crippen LogP contribution >= 0.6 is 0 Å². The molecule has 2 rings (SSSR count). The number of amides is 1. The Bertz CT molecular complexity index is 567. The van der Waals surface area contributed by atoms with Gasteiger partial charge in [-0.05, 0) is 44.0 Å². The first-order valence-corrected chi connectivity index (χ1v) is 7.80. The molecule has 1 aliphatic rings. The maximum Gasteiger partial charge on any atom is 0.417 e. The lowest BCUT2D eigenvalue weighted by Crippen LogP contribution is -2.43. The van der Waals surface area contributed by atoms with Gasteiger partial charge in [0.1, 0.15) is 0 Å². The number of hydrogen-bond donors (Lipinski definition) is 1. The Morgan fingerprint density at radius 3 is 2.57 bits per heavy atom. The molecule has 1 fully saturated rings. The highest BCUT2D eigenvalue weighted by Crippen LogP contribution is 2.34. The van der Waals surface area contributed by atoms with Crippen LogP contribution in [0.3, 0.4) is 0 Å². The standard InChI is InChI=1S/C17H21F3N2O/c1-12(9-10-21)22(11-13-5-4-6-13)16(23)14-7-2-3-8-15(14)17(18,19)20/h2-3,7-8,10,12-13,21H,4-6,9,11H2,1H3/t12-/m0/s1. The normalized spacial score (nSPS) is 16.5. The Kier molecular flexibility index (Phi) is 5.44. The third-order valence-electron chi connectivity index (χ3n) is 4.39. The van der Waals surface area contributed by atoms with Crippen molar-refractivity contribution in [2.24, 2.45) is 5.92 Å². The molecule has 0 radical (unpaired) electrons. The van der Waals surface area contributed by atoms with Gasteiger partial charge in [-0.3, -0.25) is 4.79 Å². The average Bonchev–Trinajstić information content (AvgIpc) is 2.45. The third-order valence-corrected chi connectivity index (χ3v) is 4.39. The molecule has 0 aliphatic heterocycles. The topological polar surface area (TPSA) is 44.2 Å². The predicted octanol–water partition coefficient (Wildman–Crippen LogP) is 4.38. The van der Waals surface area contributed by atoms with E-state index in [1.807, 2.05) is 0 Å². The molecule has 0 bridgehead atoms. The molecule has 0 spiro atoms. The highest BCUT2D eigenvalue weighted by Gasteiger charge is 2.37. The Morgan fingerprint density at radius 1 is 1.39 bits per heavy atom. The summed E-state index contributed by atoms with van der Waals surface area (Å²) in [4.78, 5) is 14.3. The molecule has 1 aromatic carbocycles. The van der Waals surface area contributed by atoms with Crippen LogP contribution in [0.15, 0.2) is 24.3 Å². The van der Waals surface area contributed by atoms with Crippen LogP contribution in [0.25, 0.3) is 0 Å². The van der Waals surface area contributed by atoms with Gasteiger partial charge >= 0.3 is 6.18 Å². The summed E-state index contributed by atoms with van der Waals surface area (Å²) in [5, 5.41) is 7.21. The number of hydrogen-bond acceptors (Lipinski definition) is 2. The van der Waals surface area contributed by atoms with E-state index in [1.54, 1.807) is 6.92 Å². The summed E-state index contributed by atoms with van der Waals surface area (Å²) < 4.78 is 39.5. The molecule has 23 heavy (non-hydrogen) atoms. The Labute approximate surface area is 134 Å². The lowest BCUT2D eigenvalue weighted by Gasteiger charge is -2.36. The number of nitrogens with one attached hydrogen (secondary N) is 1. The van der Waals surface area contributed by atoms with Gasteiger partial charge in [0.05, 0.1) is 11.1 Å². The van der Waals surface area contributed by atoms with Gasteiger partial charge in [-0.25, -0.2) is 0 Å². The SMILES string of the molecule is C[C@@H](CC=N)N(CC1CCC1)C(=O)c1ccccc1C(F)(F)F. The van der Waals surface area contributed by atoms with Gasteiger partial charge in [-0.2, -0.15) is 13.2 Å². The zero-order valence-electron chi connectivity index (χ0n) is 13.1. The lowest BCUT2D eigenvalue weighted by molar-refractivity contribution is -0.138. The van der Waals surface area contributed by atoms with Crippen molar-refractivity contribution in [2.45, 2.75) is 44.8 Å². The molecule has 0 saturated heterocycles. The molecule has 1 amide bonds. The van der Waals surface area contributed by atoms with Gasteiger partial charge in [-0.15, -0.1) is 0 Å². The second kappa shape index (κ2) is 7.15. The lowest BCUT2D eigenvalue weighted by atomic mass is 9.84. The Hall–Kier alpha value is -1.85.